The molecular formula is C16H11NO3. The maximum absolute atomic E-state index is 12.0. The molecule has 1 aliphatic rings. The number of hydrogen-bond donors (Lipinski definition) is 0. The van der Waals surface area contributed by atoms with Crippen LogP contribution in [0.15, 0.2) is 63.2 Å². The van der Waals surface area contributed by atoms with Crippen LogP contribution in [0, 0.1) is 11.3 Å². The van der Waals surface area contributed by atoms with Gasteiger partial charge in [-0.15, -0.1) is 0 Å². The van der Waals surface area contributed by atoms with E-state index in [-0.39, 0.29) is 0 Å². The summed E-state index contributed by atoms with van der Waals surface area (Å²) in [6.45, 7) is 1.73. The lowest BCUT2D eigenvalue weighted by Crippen LogP contribution is -2.22. The summed E-state index contributed by atoms with van der Waals surface area (Å²) in [7, 11) is 0. The Bertz CT molecular complexity index is 781. The highest BCUT2D eigenvalue weighted by Gasteiger charge is 2.32. The van der Waals surface area contributed by atoms with Crippen LogP contribution in [0.3, 0.4) is 0 Å². The molecule has 1 atom stereocenters. The van der Waals surface area contributed by atoms with Gasteiger partial charge in [-0.1, -0.05) is 30.3 Å². The molecule has 0 saturated heterocycles. The largest absolute Gasteiger partial charge is 0.460 e. The third-order valence-corrected chi connectivity index (χ3v) is 3.35. The molecule has 2 aromatic rings. The van der Waals surface area contributed by atoms with E-state index >= 15 is 0 Å². The fourth-order valence-corrected chi connectivity index (χ4v) is 2.45. The minimum atomic E-state index is -0.475. The number of rotatable bonds is 1. The van der Waals surface area contributed by atoms with Crippen molar-refractivity contribution in [2.45, 2.75) is 12.8 Å². The van der Waals surface area contributed by atoms with Crippen molar-refractivity contribution in [1.29, 1.82) is 5.26 Å². The van der Waals surface area contributed by atoms with Gasteiger partial charge in [0.2, 0.25) is 0 Å². The van der Waals surface area contributed by atoms with E-state index in [4.69, 9.17) is 9.15 Å². The molecule has 0 N–H and O–H groups in total. The summed E-state index contributed by atoms with van der Waals surface area (Å²) < 4.78 is 10.5. The van der Waals surface area contributed by atoms with E-state index in [1.165, 1.54) is 6.26 Å². The van der Waals surface area contributed by atoms with Crippen molar-refractivity contribution in [3.8, 4) is 11.8 Å². The van der Waals surface area contributed by atoms with Crippen LogP contribution in [-0.2, 0) is 0 Å². The van der Waals surface area contributed by atoms with Crippen LogP contribution in [0.25, 0.3) is 0 Å². The second-order valence-electron chi connectivity index (χ2n) is 4.51. The number of fused-ring (bicyclic) bond motifs is 1. The second-order valence-corrected chi connectivity index (χ2v) is 4.51. The maximum Gasteiger partial charge on any atom is 0.343 e. The molecule has 0 bridgehead atoms. The van der Waals surface area contributed by atoms with E-state index in [9.17, 15) is 10.1 Å². The van der Waals surface area contributed by atoms with Crippen LogP contribution in [-0.4, -0.2) is 0 Å². The predicted molar refractivity (Wildman–Crippen MR) is 72.2 cm³/mol. The summed E-state index contributed by atoms with van der Waals surface area (Å²) in [6, 6.07) is 13.2. The summed E-state index contributed by atoms with van der Waals surface area (Å²) >= 11 is 0. The normalized spacial score (nSPS) is 17.1. The van der Waals surface area contributed by atoms with Gasteiger partial charge < -0.3 is 9.15 Å². The molecule has 20 heavy (non-hydrogen) atoms. The van der Waals surface area contributed by atoms with Crippen molar-refractivity contribution in [2.24, 2.45) is 0 Å². The van der Waals surface area contributed by atoms with Crippen molar-refractivity contribution in [3.63, 3.8) is 0 Å². The van der Waals surface area contributed by atoms with Crippen LogP contribution in [0.1, 0.15) is 24.0 Å². The highest BCUT2D eigenvalue weighted by molar-refractivity contribution is 5.54. The first-order valence-electron chi connectivity index (χ1n) is 6.17. The molecule has 0 saturated carbocycles. The quantitative estimate of drug-likeness (QED) is 0.795. The Labute approximate surface area is 115 Å². The van der Waals surface area contributed by atoms with Crippen LogP contribution < -0.4 is 10.4 Å². The number of nitriles is 1. The van der Waals surface area contributed by atoms with Gasteiger partial charge in [-0.25, -0.2) is 4.79 Å². The molecule has 4 heteroatoms. The van der Waals surface area contributed by atoms with Gasteiger partial charge in [0.1, 0.15) is 11.5 Å². The first-order chi connectivity index (χ1) is 9.72. The summed E-state index contributed by atoms with van der Waals surface area (Å²) in [5, 5.41) is 9.39. The number of ether oxygens (including phenoxy) is 1. The zero-order valence-electron chi connectivity index (χ0n) is 10.8. The molecule has 1 aliphatic heterocycles. The van der Waals surface area contributed by atoms with Crippen molar-refractivity contribution in [1.82, 2.24) is 0 Å². The summed E-state index contributed by atoms with van der Waals surface area (Å²) in [6.07, 6.45) is 1.30. The lowest BCUT2D eigenvalue weighted by atomic mass is 9.84. The highest BCUT2D eigenvalue weighted by atomic mass is 16.5. The molecule has 1 aromatic heterocycles. The number of nitrogens with zero attached hydrogens (tertiary/aromatic N) is 1. The molecular weight excluding hydrogens is 254 g/mol. The van der Waals surface area contributed by atoms with E-state index in [1.54, 1.807) is 13.0 Å². The van der Waals surface area contributed by atoms with Crippen molar-refractivity contribution >= 4 is 0 Å². The molecule has 2 heterocycles. The highest BCUT2D eigenvalue weighted by Crippen LogP contribution is 2.40. The Morgan fingerprint density at radius 3 is 2.65 bits per heavy atom. The van der Waals surface area contributed by atoms with E-state index in [2.05, 4.69) is 6.07 Å². The number of allylic oxidation sites excluding steroid dienone is 2. The van der Waals surface area contributed by atoms with Crippen molar-refractivity contribution in [3.05, 3.63) is 75.5 Å². The maximum atomic E-state index is 12.0. The molecule has 0 spiro atoms. The molecule has 1 unspecified atom stereocenters. The van der Waals surface area contributed by atoms with Gasteiger partial charge in [-0.2, -0.15) is 5.26 Å². The third-order valence-electron chi connectivity index (χ3n) is 3.35. The zero-order valence-corrected chi connectivity index (χ0v) is 10.8. The standard InChI is InChI=1S/C16H11NO3/c1-10-12(9-17)14(11-5-3-2-4-6-11)15-13(20-10)7-8-19-16(15)18/h2-8,14H,1H3. The summed E-state index contributed by atoms with van der Waals surface area (Å²) in [5.74, 6) is 0.522. The van der Waals surface area contributed by atoms with Crippen molar-refractivity contribution in [2.75, 3.05) is 0 Å². The fourth-order valence-electron chi connectivity index (χ4n) is 2.45. The lowest BCUT2D eigenvalue weighted by molar-refractivity contribution is 0.383. The number of hydrogen-bond acceptors (Lipinski definition) is 4. The smallest absolute Gasteiger partial charge is 0.343 e. The molecule has 0 fully saturated rings. The minimum Gasteiger partial charge on any atom is -0.460 e. The van der Waals surface area contributed by atoms with Gasteiger partial charge in [-0.05, 0) is 12.5 Å². The third kappa shape index (κ3) is 1.81. The molecule has 4 nitrogen and oxygen atoms in total. The molecule has 3 rings (SSSR count). The lowest BCUT2D eigenvalue weighted by Gasteiger charge is -2.25. The first-order valence-corrected chi connectivity index (χ1v) is 6.17. The van der Waals surface area contributed by atoms with E-state index in [0.717, 1.165) is 5.56 Å². The zero-order chi connectivity index (χ0) is 14.1. The first kappa shape index (κ1) is 12.2. The van der Waals surface area contributed by atoms with Gasteiger partial charge in [0.05, 0.1) is 29.4 Å². The predicted octanol–water partition coefficient (Wildman–Crippen LogP) is 2.96. The second kappa shape index (κ2) is 4.71. The molecule has 0 radical (unpaired) electrons. The molecule has 0 amide bonds. The van der Waals surface area contributed by atoms with Gasteiger partial charge >= 0.3 is 5.63 Å². The molecule has 1 aromatic carbocycles. The van der Waals surface area contributed by atoms with Crippen LogP contribution in [0.5, 0.6) is 5.75 Å². The SMILES string of the molecule is CC1=C(C#N)C(c2ccccc2)c2c(ccoc2=O)O1. The topological polar surface area (TPSA) is 63.2 Å². The summed E-state index contributed by atoms with van der Waals surface area (Å²) in [5.41, 5.74) is 1.20. The average molecular weight is 265 g/mol. The van der Waals surface area contributed by atoms with E-state index in [1.807, 2.05) is 30.3 Å². The Balaban J connectivity index is 2.31. The Morgan fingerprint density at radius 2 is 1.95 bits per heavy atom. The molecule has 0 aliphatic carbocycles. The van der Waals surface area contributed by atoms with Gasteiger partial charge in [0, 0.05) is 6.07 Å². The monoisotopic (exact) mass is 265 g/mol. The fraction of sp³-hybridized carbons (Fsp3) is 0.125. The van der Waals surface area contributed by atoms with Gasteiger partial charge in [-0.3, -0.25) is 0 Å². The Morgan fingerprint density at radius 1 is 1.20 bits per heavy atom. The molecule has 98 valence electrons. The van der Waals surface area contributed by atoms with Crippen LogP contribution >= 0.6 is 0 Å². The van der Waals surface area contributed by atoms with Gasteiger partial charge in [0.15, 0.2) is 0 Å². The van der Waals surface area contributed by atoms with Crippen LogP contribution in [0.4, 0.5) is 0 Å². The number of benzene rings is 1. The van der Waals surface area contributed by atoms with Gasteiger partial charge in [0.25, 0.3) is 0 Å². The van der Waals surface area contributed by atoms with E-state index < -0.39 is 11.5 Å². The summed E-state index contributed by atoms with van der Waals surface area (Å²) in [4.78, 5) is 12.0. The minimum absolute atomic E-state index is 0.376. The average Bonchev–Trinajstić information content (AvgIpc) is 2.47. The Hall–Kier alpha value is -2.80. The van der Waals surface area contributed by atoms with Crippen LogP contribution in [0.2, 0.25) is 0 Å². The van der Waals surface area contributed by atoms with E-state index in [0.29, 0.717) is 22.6 Å². The Kier molecular flexibility index (Phi) is 2.88. The van der Waals surface area contributed by atoms with Crippen molar-refractivity contribution < 1.29 is 9.15 Å².